The Morgan fingerprint density at radius 2 is 1.95 bits per heavy atom. The van der Waals surface area contributed by atoms with Crippen LogP contribution in [0.5, 0.6) is 0 Å². The third-order valence-corrected chi connectivity index (χ3v) is 3.32. The maximum Gasteiger partial charge on any atom is 0.251 e. The zero-order valence-corrected chi connectivity index (χ0v) is 11.8. The number of carbonyl (C=O) groups is 1. The molecule has 4 heteroatoms. The highest BCUT2D eigenvalue weighted by Crippen LogP contribution is 2.11. The van der Waals surface area contributed by atoms with Crippen LogP contribution in [0, 0.1) is 12.7 Å². The molecular formula is C17H18FNO2. The van der Waals surface area contributed by atoms with Gasteiger partial charge in [-0.2, -0.15) is 0 Å². The fourth-order valence-corrected chi connectivity index (χ4v) is 2.16. The van der Waals surface area contributed by atoms with E-state index in [0.29, 0.717) is 17.5 Å². The van der Waals surface area contributed by atoms with Gasteiger partial charge in [-0.25, -0.2) is 4.39 Å². The van der Waals surface area contributed by atoms with Crippen molar-refractivity contribution in [2.45, 2.75) is 19.4 Å². The topological polar surface area (TPSA) is 49.3 Å². The SMILES string of the molecule is Cc1ccc(F)cc1C(=O)N[C@@H](CO)Cc1ccccc1. The first-order chi connectivity index (χ1) is 10.1. The van der Waals surface area contributed by atoms with Crippen LogP contribution in [0.2, 0.25) is 0 Å². The molecule has 0 unspecified atom stereocenters. The van der Waals surface area contributed by atoms with Crippen molar-refractivity contribution in [3.05, 3.63) is 71.0 Å². The number of aliphatic hydroxyl groups is 1. The monoisotopic (exact) mass is 287 g/mol. The molecule has 1 amide bonds. The van der Waals surface area contributed by atoms with Crippen LogP contribution < -0.4 is 5.32 Å². The van der Waals surface area contributed by atoms with Crippen LogP contribution in [-0.4, -0.2) is 23.7 Å². The number of amides is 1. The number of aryl methyl sites for hydroxylation is 1. The number of carbonyl (C=O) groups excluding carboxylic acids is 1. The van der Waals surface area contributed by atoms with Gasteiger partial charge in [0.1, 0.15) is 5.82 Å². The Morgan fingerprint density at radius 1 is 1.24 bits per heavy atom. The highest BCUT2D eigenvalue weighted by Gasteiger charge is 2.15. The fraction of sp³-hybridized carbons (Fsp3) is 0.235. The van der Waals surface area contributed by atoms with Crippen molar-refractivity contribution >= 4 is 5.91 Å². The lowest BCUT2D eigenvalue weighted by molar-refractivity contribution is 0.0915. The van der Waals surface area contributed by atoms with E-state index in [-0.39, 0.29) is 12.5 Å². The van der Waals surface area contributed by atoms with E-state index < -0.39 is 11.9 Å². The van der Waals surface area contributed by atoms with Gasteiger partial charge in [-0.1, -0.05) is 36.4 Å². The molecule has 0 radical (unpaired) electrons. The summed E-state index contributed by atoms with van der Waals surface area (Å²) >= 11 is 0. The molecular weight excluding hydrogens is 269 g/mol. The molecule has 2 aromatic rings. The summed E-state index contributed by atoms with van der Waals surface area (Å²) in [5.74, 6) is -0.823. The number of benzene rings is 2. The molecule has 110 valence electrons. The minimum atomic E-state index is -0.450. The number of halogens is 1. The smallest absolute Gasteiger partial charge is 0.251 e. The van der Waals surface area contributed by atoms with Gasteiger partial charge < -0.3 is 10.4 Å². The summed E-state index contributed by atoms with van der Waals surface area (Å²) in [5.41, 5.74) is 2.01. The van der Waals surface area contributed by atoms with Gasteiger partial charge in [0.15, 0.2) is 0 Å². The molecule has 21 heavy (non-hydrogen) atoms. The quantitative estimate of drug-likeness (QED) is 0.887. The Balaban J connectivity index is 2.07. The van der Waals surface area contributed by atoms with E-state index in [2.05, 4.69) is 5.32 Å². The summed E-state index contributed by atoms with van der Waals surface area (Å²) in [4.78, 5) is 12.2. The van der Waals surface area contributed by atoms with Crippen LogP contribution in [0.3, 0.4) is 0 Å². The maximum absolute atomic E-state index is 13.2. The summed E-state index contributed by atoms with van der Waals surface area (Å²) in [6.45, 7) is 1.58. The van der Waals surface area contributed by atoms with E-state index in [9.17, 15) is 14.3 Å². The Bertz CT molecular complexity index is 613. The molecule has 0 bridgehead atoms. The third kappa shape index (κ3) is 4.13. The lowest BCUT2D eigenvalue weighted by atomic mass is 10.0. The van der Waals surface area contributed by atoms with Crippen molar-refractivity contribution in [2.24, 2.45) is 0 Å². The lowest BCUT2D eigenvalue weighted by Crippen LogP contribution is -2.39. The molecule has 2 N–H and O–H groups in total. The van der Waals surface area contributed by atoms with Crippen molar-refractivity contribution in [3.63, 3.8) is 0 Å². The first kappa shape index (κ1) is 15.2. The van der Waals surface area contributed by atoms with E-state index in [1.807, 2.05) is 30.3 Å². The fourth-order valence-electron chi connectivity index (χ4n) is 2.16. The number of rotatable bonds is 5. The lowest BCUT2D eigenvalue weighted by Gasteiger charge is -2.17. The molecule has 1 atom stereocenters. The van der Waals surface area contributed by atoms with E-state index in [4.69, 9.17) is 0 Å². The zero-order chi connectivity index (χ0) is 15.2. The van der Waals surface area contributed by atoms with Gasteiger partial charge in [0.2, 0.25) is 0 Å². The maximum atomic E-state index is 13.2. The molecule has 2 rings (SSSR count). The zero-order valence-electron chi connectivity index (χ0n) is 11.8. The van der Waals surface area contributed by atoms with Crippen molar-refractivity contribution in [1.82, 2.24) is 5.32 Å². The highest BCUT2D eigenvalue weighted by molar-refractivity contribution is 5.95. The average Bonchev–Trinajstić information content (AvgIpc) is 2.50. The van der Waals surface area contributed by atoms with Gasteiger partial charge in [-0.3, -0.25) is 4.79 Å². The Hall–Kier alpha value is -2.20. The molecule has 0 spiro atoms. The molecule has 0 aliphatic heterocycles. The van der Waals surface area contributed by atoms with Gasteiger partial charge in [0, 0.05) is 5.56 Å². The minimum Gasteiger partial charge on any atom is -0.394 e. The summed E-state index contributed by atoms with van der Waals surface area (Å²) in [6, 6.07) is 13.3. The van der Waals surface area contributed by atoms with Gasteiger partial charge in [-0.15, -0.1) is 0 Å². The normalized spacial score (nSPS) is 12.0. The second kappa shape index (κ2) is 6.99. The Labute approximate surface area is 123 Å². The summed E-state index contributed by atoms with van der Waals surface area (Å²) in [7, 11) is 0. The van der Waals surface area contributed by atoms with Crippen LogP contribution in [-0.2, 0) is 6.42 Å². The molecule has 0 fully saturated rings. The molecule has 3 nitrogen and oxygen atoms in total. The van der Waals surface area contributed by atoms with Crippen LogP contribution in [0.1, 0.15) is 21.5 Å². The van der Waals surface area contributed by atoms with Crippen LogP contribution in [0.25, 0.3) is 0 Å². The first-order valence-corrected chi connectivity index (χ1v) is 6.82. The number of nitrogens with one attached hydrogen (secondary N) is 1. The van der Waals surface area contributed by atoms with Crippen molar-refractivity contribution in [1.29, 1.82) is 0 Å². The van der Waals surface area contributed by atoms with E-state index in [1.54, 1.807) is 13.0 Å². The van der Waals surface area contributed by atoms with Crippen molar-refractivity contribution in [2.75, 3.05) is 6.61 Å². The van der Waals surface area contributed by atoms with Gasteiger partial charge in [-0.05, 0) is 36.6 Å². The van der Waals surface area contributed by atoms with E-state index in [0.717, 1.165) is 5.56 Å². The molecule has 2 aromatic carbocycles. The van der Waals surface area contributed by atoms with Crippen LogP contribution >= 0.6 is 0 Å². The van der Waals surface area contributed by atoms with Gasteiger partial charge in [0.25, 0.3) is 5.91 Å². The third-order valence-electron chi connectivity index (χ3n) is 3.32. The molecule has 0 heterocycles. The molecule has 0 aliphatic carbocycles. The Morgan fingerprint density at radius 3 is 2.62 bits per heavy atom. The summed E-state index contributed by atoms with van der Waals surface area (Å²) < 4.78 is 13.2. The van der Waals surface area contributed by atoms with Crippen molar-refractivity contribution in [3.8, 4) is 0 Å². The van der Waals surface area contributed by atoms with Crippen LogP contribution in [0.4, 0.5) is 4.39 Å². The standard InChI is InChI=1S/C17H18FNO2/c1-12-7-8-14(18)10-16(12)17(21)19-15(11-20)9-13-5-3-2-4-6-13/h2-8,10,15,20H,9,11H2,1H3,(H,19,21)/t15-/m1/s1. The second-order valence-corrected chi connectivity index (χ2v) is 5.00. The number of hydrogen-bond donors (Lipinski definition) is 2. The first-order valence-electron chi connectivity index (χ1n) is 6.82. The Kier molecular flexibility index (Phi) is 5.06. The molecule has 0 aromatic heterocycles. The molecule has 0 aliphatic rings. The van der Waals surface area contributed by atoms with Gasteiger partial charge in [0.05, 0.1) is 12.6 Å². The van der Waals surface area contributed by atoms with E-state index in [1.165, 1.54) is 12.1 Å². The number of aliphatic hydroxyl groups excluding tert-OH is 1. The van der Waals surface area contributed by atoms with Crippen molar-refractivity contribution < 1.29 is 14.3 Å². The minimum absolute atomic E-state index is 0.172. The average molecular weight is 287 g/mol. The van der Waals surface area contributed by atoms with Gasteiger partial charge >= 0.3 is 0 Å². The number of hydrogen-bond acceptors (Lipinski definition) is 2. The largest absolute Gasteiger partial charge is 0.394 e. The van der Waals surface area contributed by atoms with E-state index >= 15 is 0 Å². The predicted octanol–water partition coefficient (Wildman–Crippen LogP) is 2.47. The molecule has 0 saturated carbocycles. The summed E-state index contributed by atoms with van der Waals surface area (Å²) in [6.07, 6.45) is 0.525. The summed E-state index contributed by atoms with van der Waals surface area (Å²) in [5, 5.41) is 12.2. The predicted molar refractivity (Wildman–Crippen MR) is 79.6 cm³/mol. The van der Waals surface area contributed by atoms with Crippen LogP contribution in [0.15, 0.2) is 48.5 Å². The second-order valence-electron chi connectivity index (χ2n) is 5.00. The highest BCUT2D eigenvalue weighted by atomic mass is 19.1. The molecule has 0 saturated heterocycles.